The molecule has 0 spiro atoms. The molecule has 0 bridgehead atoms. The molecule has 9 heteroatoms. The van der Waals surface area contributed by atoms with Crippen LogP contribution in [0, 0.1) is 0 Å². The van der Waals surface area contributed by atoms with Gasteiger partial charge in [-0.25, -0.2) is 4.98 Å². The van der Waals surface area contributed by atoms with Crippen molar-refractivity contribution < 1.29 is 4.74 Å². The topological polar surface area (TPSA) is 44.9 Å². The minimum absolute atomic E-state index is 0.680. The lowest BCUT2D eigenvalue weighted by Crippen LogP contribution is -2.14. The molecular weight excluding hydrogens is 759 g/mol. The molecule has 4 aliphatic heterocycles. The summed E-state index contributed by atoms with van der Waals surface area (Å²) in [5.74, 6) is 2.09. The van der Waals surface area contributed by atoms with Crippen LogP contribution in [0.25, 0.3) is 21.9 Å². The van der Waals surface area contributed by atoms with Crippen LogP contribution in [-0.2, 0) is 33.6 Å². The Labute approximate surface area is 360 Å². The molecule has 0 N–H and O–H groups in total. The maximum Gasteiger partial charge on any atom is 0.161 e. The molecule has 2 aromatic heterocycles. The fraction of sp³-hybridized carbons (Fsp3) is 0.235. The first kappa shape index (κ1) is 42.0. The first-order valence-electron chi connectivity index (χ1n) is 20.5. The Morgan fingerprint density at radius 1 is 0.517 bits per heavy atom. The van der Waals surface area contributed by atoms with Crippen molar-refractivity contribution in [3.8, 4) is 5.75 Å². The third-order valence-corrected chi connectivity index (χ3v) is 12.1. The highest BCUT2D eigenvalue weighted by Crippen LogP contribution is 2.36. The zero-order valence-corrected chi connectivity index (χ0v) is 36.6. The van der Waals surface area contributed by atoms with E-state index in [1.807, 2.05) is 73.1 Å². The Bertz CT molecular complexity index is 2370. The minimum atomic E-state index is 0.680. The minimum Gasteiger partial charge on any atom is -0.471 e. The highest BCUT2D eigenvalue weighted by Gasteiger charge is 2.16. The summed E-state index contributed by atoms with van der Waals surface area (Å²) in [5, 5.41) is 1.31. The van der Waals surface area contributed by atoms with E-state index in [2.05, 4.69) is 179 Å². The van der Waals surface area contributed by atoms with E-state index in [4.69, 9.17) is 4.74 Å². The van der Waals surface area contributed by atoms with Crippen molar-refractivity contribution in [1.82, 2.24) is 19.0 Å². The molecule has 0 amide bonds. The second-order valence-electron chi connectivity index (χ2n) is 15.4. The average Bonchev–Trinajstić information content (AvgIpc) is 4.17. The number of para-hydroxylation sites is 7. The number of ether oxygens (including phenoxy) is 1. The van der Waals surface area contributed by atoms with Gasteiger partial charge in [0.1, 0.15) is 5.75 Å². The van der Waals surface area contributed by atoms with Gasteiger partial charge in [0.05, 0.1) is 34.6 Å². The number of hydrogen-bond donors (Lipinski definition) is 0. The van der Waals surface area contributed by atoms with Gasteiger partial charge >= 0.3 is 0 Å². The van der Waals surface area contributed by atoms with Crippen LogP contribution in [-0.4, -0.2) is 66.4 Å². The number of anilines is 3. The van der Waals surface area contributed by atoms with Gasteiger partial charge in [-0.3, -0.25) is 4.90 Å². The van der Waals surface area contributed by atoms with Crippen LogP contribution in [0.1, 0.15) is 16.7 Å². The second kappa shape index (κ2) is 20.2. The first-order chi connectivity index (χ1) is 29.2. The van der Waals surface area contributed by atoms with Crippen LogP contribution < -0.4 is 19.4 Å². The number of likely N-dealkylation sites (N-methyl/N-ethyl adjacent to an activating group) is 1. The summed E-state index contributed by atoms with van der Waals surface area (Å²) < 4.78 is 9.47. The molecule has 308 valence electrons. The quantitative estimate of drug-likeness (QED) is 0.151. The number of rotatable bonds is 0. The summed E-state index contributed by atoms with van der Waals surface area (Å²) in [6.45, 7) is 4.10. The van der Waals surface area contributed by atoms with Crippen molar-refractivity contribution in [2.24, 2.45) is 14.1 Å². The monoisotopic (exact) mass is 815 g/mol. The van der Waals surface area contributed by atoms with Crippen molar-refractivity contribution in [1.29, 1.82) is 0 Å². The number of imidazole rings is 1. The van der Waals surface area contributed by atoms with Crippen molar-refractivity contribution in [3.05, 3.63) is 181 Å². The molecule has 0 atom stereocenters. The van der Waals surface area contributed by atoms with Gasteiger partial charge < -0.3 is 28.6 Å². The van der Waals surface area contributed by atoms with E-state index in [0.29, 0.717) is 6.73 Å². The number of nitrogens with zero attached hydrogens (tertiary/aromatic N) is 7. The van der Waals surface area contributed by atoms with E-state index in [1.54, 1.807) is 0 Å². The molecule has 0 aliphatic carbocycles. The first-order valence-corrected chi connectivity index (χ1v) is 21.5. The number of thioether (sulfide) groups is 1. The summed E-state index contributed by atoms with van der Waals surface area (Å²) in [6, 6.07) is 52.3. The molecule has 0 saturated carbocycles. The van der Waals surface area contributed by atoms with Gasteiger partial charge in [0, 0.05) is 77.2 Å². The summed E-state index contributed by atoms with van der Waals surface area (Å²) in [4.78, 5) is 14.6. The van der Waals surface area contributed by atoms with Crippen molar-refractivity contribution in [2.45, 2.75) is 24.4 Å². The van der Waals surface area contributed by atoms with Gasteiger partial charge in [-0.15, -0.1) is 11.8 Å². The maximum absolute atomic E-state index is 5.34. The summed E-state index contributed by atoms with van der Waals surface area (Å²) in [6.07, 6.45) is 5.11. The maximum atomic E-state index is 5.34. The number of hydrogen-bond acceptors (Lipinski definition) is 7. The third-order valence-electron chi connectivity index (χ3n) is 10.9. The van der Waals surface area contributed by atoms with Crippen molar-refractivity contribution >= 4 is 50.8 Å². The Hall–Kier alpha value is -6.16. The fourth-order valence-electron chi connectivity index (χ4n) is 7.57. The lowest BCUT2D eigenvalue weighted by atomic mass is 10.1. The van der Waals surface area contributed by atoms with Crippen molar-refractivity contribution in [2.75, 3.05) is 62.0 Å². The largest absolute Gasteiger partial charge is 0.471 e. The zero-order chi connectivity index (χ0) is 41.8. The molecule has 6 heterocycles. The molecule has 0 fully saturated rings. The molecule has 12 rings (SSSR count). The van der Waals surface area contributed by atoms with Gasteiger partial charge in [-0.1, -0.05) is 97.1 Å². The predicted molar refractivity (Wildman–Crippen MR) is 255 cm³/mol. The fourth-order valence-corrected chi connectivity index (χ4v) is 8.59. The zero-order valence-electron chi connectivity index (χ0n) is 35.8. The smallest absolute Gasteiger partial charge is 0.161 e. The summed E-state index contributed by atoms with van der Waals surface area (Å²) in [5.41, 5.74) is 12.0. The van der Waals surface area contributed by atoms with Gasteiger partial charge in [-0.05, 0) is 90.1 Å². The molecule has 8 aromatic rings. The van der Waals surface area contributed by atoms with Crippen LogP contribution in [0.5, 0.6) is 5.75 Å². The van der Waals surface area contributed by atoms with Crippen LogP contribution in [0.4, 0.5) is 17.1 Å². The lowest BCUT2D eigenvalue weighted by molar-refractivity contribution is 0.353. The molecule has 8 nitrogen and oxygen atoms in total. The normalized spacial score (nSPS) is 14.0. The van der Waals surface area contributed by atoms with Gasteiger partial charge in [0.15, 0.2) is 6.73 Å². The molecule has 0 radical (unpaired) electrons. The van der Waals surface area contributed by atoms with Crippen LogP contribution in [0.3, 0.4) is 0 Å². The standard InChI is InChI=1S/2C9H11N.C9H9N.C8H8N2.C8H9NO.C8H9NS/c1-10-6-8-4-2-3-5-9(8)7-10;2*1-10-7-6-8-4-2-3-5-9(8)10;1-10-6-9-7-4-2-3-5-8(7)10;2*1-9-6-10-8-5-3-2-4-7(8)9/h2*2-5H,6-7H2,1H3;2-7H,1H3;2-6H,1H3;2*2-5H,6H2,1H3. The number of fused-ring (bicyclic) bond motifs is 6. The lowest BCUT2D eigenvalue weighted by Gasteiger charge is -2.10. The predicted octanol–water partition coefficient (Wildman–Crippen LogP) is 10.7. The summed E-state index contributed by atoms with van der Waals surface area (Å²) in [7, 11) is 12.5. The van der Waals surface area contributed by atoms with E-state index in [9.17, 15) is 0 Å². The highest BCUT2D eigenvalue weighted by atomic mass is 32.2. The van der Waals surface area contributed by atoms with Gasteiger partial charge in [0.2, 0.25) is 0 Å². The third kappa shape index (κ3) is 10.5. The second-order valence-corrected chi connectivity index (χ2v) is 16.4. The SMILES string of the molecule is CN1CCc2ccccc21.CN1COc2ccccc21.CN1CSc2ccccc21.CN1Cc2ccccc2C1.Cn1ccc2ccccc21.Cn1cnc2ccccc21. The summed E-state index contributed by atoms with van der Waals surface area (Å²) >= 11 is 1.90. The molecule has 0 unspecified atom stereocenters. The number of aromatic nitrogens is 3. The van der Waals surface area contributed by atoms with Crippen molar-refractivity contribution in [3.63, 3.8) is 0 Å². The van der Waals surface area contributed by atoms with Crippen LogP contribution >= 0.6 is 11.8 Å². The van der Waals surface area contributed by atoms with E-state index in [1.165, 1.54) is 68.0 Å². The molecule has 60 heavy (non-hydrogen) atoms. The highest BCUT2D eigenvalue weighted by molar-refractivity contribution is 7.99. The van der Waals surface area contributed by atoms with E-state index >= 15 is 0 Å². The Kier molecular flexibility index (Phi) is 14.1. The van der Waals surface area contributed by atoms with Crippen LogP contribution in [0.2, 0.25) is 0 Å². The number of aryl methyl sites for hydroxylation is 2. The van der Waals surface area contributed by atoms with E-state index in [-0.39, 0.29) is 0 Å². The molecule has 4 aliphatic rings. The Morgan fingerprint density at radius 3 is 1.80 bits per heavy atom. The Balaban J connectivity index is 0.000000109. The molecule has 6 aromatic carbocycles. The number of benzene rings is 6. The Morgan fingerprint density at radius 2 is 1.12 bits per heavy atom. The van der Waals surface area contributed by atoms with Gasteiger partial charge in [0.25, 0.3) is 0 Å². The molecular formula is C51H57N7OS. The molecule has 0 saturated heterocycles. The van der Waals surface area contributed by atoms with Gasteiger partial charge in [-0.2, -0.15) is 0 Å². The van der Waals surface area contributed by atoms with Crippen LogP contribution in [0.15, 0.2) is 169 Å². The average molecular weight is 816 g/mol. The van der Waals surface area contributed by atoms with E-state index < -0.39 is 0 Å². The van der Waals surface area contributed by atoms with E-state index in [0.717, 1.165) is 30.2 Å².